The summed E-state index contributed by atoms with van der Waals surface area (Å²) in [5.74, 6) is 0.945. The Morgan fingerprint density at radius 2 is 1.88 bits per heavy atom. The van der Waals surface area contributed by atoms with Gasteiger partial charge in [0.25, 0.3) is 5.91 Å². The Morgan fingerprint density at radius 1 is 1.15 bits per heavy atom. The fourth-order valence-corrected chi connectivity index (χ4v) is 4.52. The summed E-state index contributed by atoms with van der Waals surface area (Å²) in [5.41, 5.74) is 1.43. The third-order valence-electron chi connectivity index (χ3n) is 6.43. The van der Waals surface area contributed by atoms with Gasteiger partial charge in [0.1, 0.15) is 17.0 Å². The van der Waals surface area contributed by atoms with Crippen molar-refractivity contribution < 1.29 is 14.3 Å². The number of para-hydroxylation sites is 2. The fraction of sp³-hybridized carbons (Fsp3) is 0.407. The van der Waals surface area contributed by atoms with Crippen molar-refractivity contribution in [2.45, 2.75) is 52.7 Å². The van der Waals surface area contributed by atoms with E-state index in [4.69, 9.17) is 4.74 Å². The van der Waals surface area contributed by atoms with Crippen molar-refractivity contribution in [3.05, 3.63) is 65.9 Å². The van der Waals surface area contributed by atoms with Crippen LogP contribution < -0.4 is 10.1 Å². The Hall–Kier alpha value is -3.28. The smallest absolute Gasteiger partial charge is 0.271 e. The minimum absolute atomic E-state index is 0.131. The van der Waals surface area contributed by atoms with Crippen LogP contribution in [0, 0.1) is 5.92 Å². The van der Waals surface area contributed by atoms with Crippen LogP contribution in [0.1, 0.15) is 50.2 Å². The third-order valence-corrected chi connectivity index (χ3v) is 6.43. The van der Waals surface area contributed by atoms with Gasteiger partial charge in [-0.25, -0.2) is 0 Å². The first-order chi connectivity index (χ1) is 15.8. The van der Waals surface area contributed by atoms with E-state index < -0.39 is 5.54 Å². The number of ether oxygens (including phenoxy) is 1. The maximum absolute atomic E-state index is 13.8. The van der Waals surface area contributed by atoms with E-state index in [2.05, 4.69) is 19.2 Å². The highest BCUT2D eigenvalue weighted by molar-refractivity contribution is 6.03. The van der Waals surface area contributed by atoms with Crippen LogP contribution in [0.25, 0.3) is 10.9 Å². The van der Waals surface area contributed by atoms with Gasteiger partial charge in [0.2, 0.25) is 5.91 Å². The Bertz CT molecular complexity index is 1170. The molecule has 3 aromatic rings. The van der Waals surface area contributed by atoms with E-state index in [0.29, 0.717) is 37.9 Å². The second-order valence-corrected chi connectivity index (χ2v) is 9.32. The van der Waals surface area contributed by atoms with Gasteiger partial charge in [-0.3, -0.25) is 9.59 Å². The van der Waals surface area contributed by atoms with Crippen LogP contribution in [0.3, 0.4) is 0 Å². The molecule has 2 heterocycles. The molecule has 0 fully saturated rings. The molecule has 0 spiro atoms. The number of nitrogens with zero attached hydrogens (tertiary/aromatic N) is 2. The van der Waals surface area contributed by atoms with Gasteiger partial charge in [0, 0.05) is 23.0 Å². The normalized spacial score (nSPS) is 18.0. The number of aromatic nitrogens is 1. The van der Waals surface area contributed by atoms with Crippen molar-refractivity contribution in [1.82, 2.24) is 14.8 Å². The lowest BCUT2D eigenvalue weighted by Crippen LogP contribution is -2.63. The van der Waals surface area contributed by atoms with Crippen molar-refractivity contribution in [1.29, 1.82) is 0 Å². The molecule has 6 nitrogen and oxygen atoms in total. The molecule has 174 valence electrons. The molecule has 0 radical (unpaired) electrons. The molecule has 33 heavy (non-hydrogen) atoms. The molecule has 1 N–H and O–H groups in total. The molecule has 4 rings (SSSR count). The number of fused-ring (bicyclic) bond motifs is 3. The molecule has 1 aliphatic heterocycles. The van der Waals surface area contributed by atoms with E-state index >= 15 is 0 Å². The van der Waals surface area contributed by atoms with Crippen LogP contribution in [0.15, 0.2) is 54.6 Å². The molecule has 0 saturated heterocycles. The Kier molecular flexibility index (Phi) is 6.45. The van der Waals surface area contributed by atoms with Gasteiger partial charge in [-0.05, 0) is 44.4 Å². The van der Waals surface area contributed by atoms with Crippen molar-refractivity contribution in [3.8, 4) is 5.75 Å². The molecular formula is C27H33N3O3. The summed E-state index contributed by atoms with van der Waals surface area (Å²) in [7, 11) is 0. The van der Waals surface area contributed by atoms with E-state index in [9.17, 15) is 9.59 Å². The zero-order chi connectivity index (χ0) is 23.6. The highest BCUT2D eigenvalue weighted by atomic mass is 16.5. The molecule has 0 unspecified atom stereocenters. The minimum atomic E-state index is -1.04. The van der Waals surface area contributed by atoms with Gasteiger partial charge in [0.05, 0.1) is 19.7 Å². The van der Waals surface area contributed by atoms with Crippen LogP contribution in [-0.2, 0) is 17.9 Å². The van der Waals surface area contributed by atoms with Crippen LogP contribution in [0.2, 0.25) is 0 Å². The number of hydrogen-bond acceptors (Lipinski definition) is 3. The van der Waals surface area contributed by atoms with Crippen molar-refractivity contribution in [2.75, 3.05) is 13.2 Å². The van der Waals surface area contributed by atoms with Crippen LogP contribution in [0.5, 0.6) is 5.75 Å². The summed E-state index contributed by atoms with van der Waals surface area (Å²) in [6.07, 6.45) is 0.890. The first-order valence-electron chi connectivity index (χ1n) is 11.7. The van der Waals surface area contributed by atoms with E-state index in [1.54, 1.807) is 4.90 Å². The third kappa shape index (κ3) is 4.34. The lowest BCUT2D eigenvalue weighted by Gasteiger charge is -2.44. The van der Waals surface area contributed by atoms with Crippen molar-refractivity contribution in [3.63, 3.8) is 0 Å². The molecule has 0 aliphatic carbocycles. The van der Waals surface area contributed by atoms with Gasteiger partial charge in [-0.15, -0.1) is 0 Å². The number of rotatable bonds is 8. The Labute approximate surface area is 195 Å². The van der Waals surface area contributed by atoms with Crippen molar-refractivity contribution >= 4 is 22.7 Å². The molecule has 2 aromatic carbocycles. The number of carbonyl (C=O) groups is 2. The molecule has 1 aromatic heterocycles. The van der Waals surface area contributed by atoms with E-state index in [1.807, 2.05) is 73.0 Å². The lowest BCUT2D eigenvalue weighted by atomic mass is 9.93. The van der Waals surface area contributed by atoms with E-state index in [-0.39, 0.29) is 11.8 Å². The van der Waals surface area contributed by atoms with E-state index in [0.717, 1.165) is 28.6 Å². The molecule has 2 amide bonds. The summed E-state index contributed by atoms with van der Waals surface area (Å²) >= 11 is 0. The predicted molar refractivity (Wildman–Crippen MR) is 130 cm³/mol. The maximum Gasteiger partial charge on any atom is 0.271 e. The molecule has 1 atom stereocenters. The standard InChI is InChI=1S/C27H33N3O3/c1-5-33-24-13-9-7-11-21(24)17-30-25(31)23-16-20-10-6-8-12-22(20)29(23)18-27(30,4)26(32)28-15-14-19(2)3/h6-13,16,19H,5,14-15,17-18H2,1-4H3,(H,28,32)/t27-/m1/s1. The van der Waals surface area contributed by atoms with Gasteiger partial charge in [0.15, 0.2) is 0 Å². The van der Waals surface area contributed by atoms with Crippen molar-refractivity contribution in [2.24, 2.45) is 5.92 Å². The minimum Gasteiger partial charge on any atom is -0.494 e. The topological polar surface area (TPSA) is 63.6 Å². The number of amides is 2. The highest BCUT2D eigenvalue weighted by Crippen LogP contribution is 2.34. The second-order valence-electron chi connectivity index (χ2n) is 9.32. The summed E-state index contributed by atoms with van der Waals surface area (Å²) < 4.78 is 7.80. The van der Waals surface area contributed by atoms with Crippen LogP contribution in [0.4, 0.5) is 0 Å². The lowest BCUT2D eigenvalue weighted by molar-refractivity contribution is -0.133. The molecular weight excluding hydrogens is 414 g/mol. The number of hydrogen-bond donors (Lipinski definition) is 1. The molecule has 6 heteroatoms. The SMILES string of the molecule is CCOc1ccccc1CN1C(=O)c2cc3ccccc3n2C[C@]1(C)C(=O)NCCC(C)C. The van der Waals surface area contributed by atoms with Crippen LogP contribution >= 0.6 is 0 Å². The largest absolute Gasteiger partial charge is 0.494 e. The predicted octanol–water partition coefficient (Wildman–Crippen LogP) is 4.62. The van der Waals surface area contributed by atoms with Gasteiger partial charge in [-0.1, -0.05) is 50.2 Å². The summed E-state index contributed by atoms with van der Waals surface area (Å²) in [4.78, 5) is 29.1. The summed E-state index contributed by atoms with van der Waals surface area (Å²) in [5, 5.41) is 4.09. The first kappa shape index (κ1) is 22.9. The molecule has 1 aliphatic rings. The molecule has 0 bridgehead atoms. The van der Waals surface area contributed by atoms with Crippen LogP contribution in [-0.4, -0.2) is 40.0 Å². The van der Waals surface area contributed by atoms with Gasteiger partial charge < -0.3 is 19.5 Å². The number of benzene rings is 2. The van der Waals surface area contributed by atoms with E-state index in [1.165, 1.54) is 0 Å². The zero-order valence-corrected chi connectivity index (χ0v) is 19.9. The highest BCUT2D eigenvalue weighted by Gasteiger charge is 2.47. The fourth-order valence-electron chi connectivity index (χ4n) is 4.52. The average molecular weight is 448 g/mol. The second kappa shape index (κ2) is 9.30. The monoisotopic (exact) mass is 447 g/mol. The Balaban J connectivity index is 1.75. The summed E-state index contributed by atoms with van der Waals surface area (Å²) in [6.45, 7) is 9.89. The van der Waals surface area contributed by atoms with Gasteiger partial charge in [-0.2, -0.15) is 0 Å². The number of nitrogens with one attached hydrogen (secondary N) is 1. The number of carbonyl (C=O) groups excluding carboxylic acids is 2. The van der Waals surface area contributed by atoms with Gasteiger partial charge >= 0.3 is 0 Å². The maximum atomic E-state index is 13.8. The zero-order valence-electron chi connectivity index (χ0n) is 19.9. The quantitative estimate of drug-likeness (QED) is 0.548. The Morgan fingerprint density at radius 3 is 2.64 bits per heavy atom. The molecule has 0 saturated carbocycles. The average Bonchev–Trinajstić information content (AvgIpc) is 3.16. The first-order valence-corrected chi connectivity index (χ1v) is 11.7. The summed E-state index contributed by atoms with van der Waals surface area (Å²) in [6, 6.07) is 17.6.